The predicted octanol–water partition coefficient (Wildman–Crippen LogP) is 3.07. The van der Waals surface area contributed by atoms with Crippen LogP contribution < -0.4 is 10.6 Å². The van der Waals surface area contributed by atoms with Gasteiger partial charge in [0.2, 0.25) is 0 Å². The second-order valence-electron chi connectivity index (χ2n) is 7.13. The molecule has 0 radical (unpaired) electrons. The Labute approximate surface area is 177 Å². The SMILES string of the molecule is Cc1cc(CNC(=O)c2cc(C(=O)N[C@@H]3CCc4cc(C#N)ccc43)ncn2)cs1. The molecule has 1 aromatic carbocycles. The van der Waals surface area contributed by atoms with Crippen LogP contribution in [0.4, 0.5) is 0 Å². The van der Waals surface area contributed by atoms with Crippen molar-refractivity contribution in [1.29, 1.82) is 5.26 Å². The first-order valence-corrected chi connectivity index (χ1v) is 10.4. The van der Waals surface area contributed by atoms with Gasteiger partial charge in [0.1, 0.15) is 17.7 Å². The number of hydrogen-bond donors (Lipinski definition) is 2. The van der Waals surface area contributed by atoms with Gasteiger partial charge in [-0.3, -0.25) is 9.59 Å². The van der Waals surface area contributed by atoms with Crippen molar-refractivity contribution >= 4 is 23.2 Å². The van der Waals surface area contributed by atoms with Crippen LogP contribution in [0.3, 0.4) is 0 Å². The fourth-order valence-corrected chi connectivity index (χ4v) is 4.25. The van der Waals surface area contributed by atoms with Gasteiger partial charge in [-0.05, 0) is 60.0 Å². The first kappa shape index (κ1) is 19.7. The minimum absolute atomic E-state index is 0.142. The van der Waals surface area contributed by atoms with Crippen molar-refractivity contribution in [2.75, 3.05) is 0 Å². The van der Waals surface area contributed by atoms with Gasteiger partial charge >= 0.3 is 0 Å². The van der Waals surface area contributed by atoms with Crippen molar-refractivity contribution in [3.8, 4) is 6.07 Å². The molecule has 3 aromatic rings. The van der Waals surface area contributed by atoms with Crippen molar-refractivity contribution in [2.45, 2.75) is 32.4 Å². The number of aryl methyl sites for hydroxylation is 2. The van der Waals surface area contributed by atoms with Crippen LogP contribution in [-0.2, 0) is 13.0 Å². The quantitative estimate of drug-likeness (QED) is 0.663. The number of rotatable bonds is 5. The van der Waals surface area contributed by atoms with E-state index in [4.69, 9.17) is 5.26 Å². The molecule has 0 fully saturated rings. The van der Waals surface area contributed by atoms with Crippen LogP contribution >= 0.6 is 11.3 Å². The Morgan fingerprint density at radius 3 is 2.73 bits per heavy atom. The van der Waals surface area contributed by atoms with E-state index in [2.05, 4.69) is 26.7 Å². The van der Waals surface area contributed by atoms with Gasteiger partial charge in [0.25, 0.3) is 11.8 Å². The third-order valence-corrected chi connectivity index (χ3v) is 5.94. The van der Waals surface area contributed by atoms with Crippen molar-refractivity contribution < 1.29 is 9.59 Å². The van der Waals surface area contributed by atoms with Gasteiger partial charge in [-0.25, -0.2) is 9.97 Å². The molecule has 0 saturated carbocycles. The zero-order chi connectivity index (χ0) is 21.1. The summed E-state index contributed by atoms with van der Waals surface area (Å²) in [5.74, 6) is -0.715. The number of amides is 2. The van der Waals surface area contributed by atoms with Crippen molar-refractivity contribution in [3.05, 3.63) is 80.6 Å². The lowest BCUT2D eigenvalue weighted by Crippen LogP contribution is -2.29. The molecule has 1 aliphatic rings. The second kappa shape index (κ2) is 8.43. The van der Waals surface area contributed by atoms with Gasteiger partial charge < -0.3 is 10.6 Å². The number of benzene rings is 1. The molecule has 0 unspecified atom stereocenters. The molecule has 1 atom stereocenters. The molecule has 2 heterocycles. The number of nitrogens with one attached hydrogen (secondary N) is 2. The highest BCUT2D eigenvalue weighted by Crippen LogP contribution is 2.31. The molecule has 2 aromatic heterocycles. The van der Waals surface area contributed by atoms with E-state index in [0.29, 0.717) is 12.1 Å². The summed E-state index contributed by atoms with van der Waals surface area (Å²) < 4.78 is 0. The maximum atomic E-state index is 12.7. The van der Waals surface area contributed by atoms with E-state index in [1.54, 1.807) is 17.4 Å². The van der Waals surface area contributed by atoms with Crippen LogP contribution in [0.15, 0.2) is 42.0 Å². The molecule has 150 valence electrons. The zero-order valence-corrected chi connectivity index (χ0v) is 17.1. The summed E-state index contributed by atoms with van der Waals surface area (Å²) in [6.45, 7) is 2.41. The lowest BCUT2D eigenvalue weighted by molar-refractivity contribution is 0.0931. The normalized spacial score (nSPS) is 14.6. The molecule has 8 heteroatoms. The van der Waals surface area contributed by atoms with Crippen LogP contribution in [0.1, 0.15) is 60.6 Å². The average Bonchev–Trinajstić information content (AvgIpc) is 3.37. The Hall–Kier alpha value is -3.57. The molecule has 7 nitrogen and oxygen atoms in total. The predicted molar refractivity (Wildman–Crippen MR) is 112 cm³/mol. The summed E-state index contributed by atoms with van der Waals surface area (Å²) in [7, 11) is 0. The summed E-state index contributed by atoms with van der Waals surface area (Å²) in [4.78, 5) is 34.3. The zero-order valence-electron chi connectivity index (χ0n) is 16.3. The number of nitriles is 1. The number of fused-ring (bicyclic) bond motifs is 1. The summed E-state index contributed by atoms with van der Waals surface area (Å²) >= 11 is 1.62. The van der Waals surface area contributed by atoms with Gasteiger partial charge in [0, 0.05) is 17.5 Å². The topological polar surface area (TPSA) is 108 Å². The third-order valence-electron chi connectivity index (χ3n) is 5.03. The molecule has 2 amide bonds. The smallest absolute Gasteiger partial charge is 0.270 e. The minimum atomic E-state index is -0.359. The Balaban J connectivity index is 1.42. The minimum Gasteiger partial charge on any atom is -0.347 e. The number of aromatic nitrogens is 2. The molecule has 0 saturated heterocycles. The Morgan fingerprint density at radius 2 is 2.00 bits per heavy atom. The molecule has 1 aliphatic carbocycles. The fraction of sp³-hybridized carbons (Fsp3) is 0.227. The number of nitrogens with zero attached hydrogens (tertiary/aromatic N) is 3. The Bertz CT molecular complexity index is 1160. The molecular weight excluding hydrogens is 398 g/mol. The monoisotopic (exact) mass is 417 g/mol. The highest BCUT2D eigenvalue weighted by atomic mass is 32.1. The molecule has 30 heavy (non-hydrogen) atoms. The number of carbonyl (C=O) groups is 2. The molecule has 4 rings (SSSR count). The van der Waals surface area contributed by atoms with E-state index in [1.807, 2.05) is 30.5 Å². The van der Waals surface area contributed by atoms with E-state index in [1.165, 1.54) is 17.3 Å². The van der Waals surface area contributed by atoms with Crippen LogP contribution in [0.25, 0.3) is 0 Å². The largest absolute Gasteiger partial charge is 0.347 e. The lowest BCUT2D eigenvalue weighted by atomic mass is 10.1. The highest BCUT2D eigenvalue weighted by molar-refractivity contribution is 7.10. The first-order chi connectivity index (χ1) is 14.5. The number of carbonyl (C=O) groups excluding carboxylic acids is 2. The highest BCUT2D eigenvalue weighted by Gasteiger charge is 2.25. The second-order valence-corrected chi connectivity index (χ2v) is 8.24. The number of thiophene rings is 1. The standard InChI is InChI=1S/C22H19N5O2S/c1-13-6-15(11-30-13)10-24-21(28)19-8-20(26-12-25-19)22(29)27-18-5-3-16-7-14(9-23)2-4-17(16)18/h2,4,6-8,11-12,18H,3,5,10H2,1H3,(H,24,28)(H,27,29)/t18-/m1/s1. The van der Waals surface area contributed by atoms with Gasteiger partial charge in [-0.2, -0.15) is 5.26 Å². The average molecular weight is 417 g/mol. The summed E-state index contributed by atoms with van der Waals surface area (Å²) in [5, 5.41) is 16.8. The van der Waals surface area contributed by atoms with Gasteiger partial charge in [0.05, 0.1) is 17.7 Å². The maximum Gasteiger partial charge on any atom is 0.270 e. The molecule has 0 aliphatic heterocycles. The maximum absolute atomic E-state index is 12.7. The van der Waals surface area contributed by atoms with E-state index >= 15 is 0 Å². The van der Waals surface area contributed by atoms with Gasteiger partial charge in [-0.1, -0.05) is 6.07 Å². The van der Waals surface area contributed by atoms with E-state index in [9.17, 15) is 9.59 Å². The first-order valence-electron chi connectivity index (χ1n) is 9.51. The van der Waals surface area contributed by atoms with Crippen LogP contribution in [0.2, 0.25) is 0 Å². The van der Waals surface area contributed by atoms with Gasteiger partial charge in [0.15, 0.2) is 0 Å². The third kappa shape index (κ3) is 4.21. The lowest BCUT2D eigenvalue weighted by Gasteiger charge is -2.14. The van der Waals surface area contributed by atoms with Gasteiger partial charge in [-0.15, -0.1) is 11.3 Å². The van der Waals surface area contributed by atoms with E-state index < -0.39 is 0 Å². The fourth-order valence-electron chi connectivity index (χ4n) is 3.54. The van der Waals surface area contributed by atoms with Crippen LogP contribution in [0.5, 0.6) is 0 Å². The van der Waals surface area contributed by atoms with Crippen molar-refractivity contribution in [3.63, 3.8) is 0 Å². The summed E-state index contributed by atoms with van der Waals surface area (Å²) in [6.07, 6.45) is 2.78. The van der Waals surface area contributed by atoms with Crippen LogP contribution in [-0.4, -0.2) is 21.8 Å². The number of hydrogen-bond acceptors (Lipinski definition) is 6. The molecule has 2 N–H and O–H groups in total. The van der Waals surface area contributed by atoms with E-state index in [0.717, 1.165) is 29.5 Å². The summed E-state index contributed by atoms with van der Waals surface area (Å²) in [6, 6.07) is 10.9. The van der Waals surface area contributed by atoms with E-state index in [-0.39, 0.29) is 29.2 Å². The Kier molecular flexibility index (Phi) is 5.55. The molecule has 0 spiro atoms. The summed E-state index contributed by atoms with van der Waals surface area (Å²) in [5.41, 5.74) is 4.02. The van der Waals surface area contributed by atoms with Crippen molar-refractivity contribution in [2.24, 2.45) is 0 Å². The molecular formula is C22H19N5O2S. The molecule has 0 bridgehead atoms. The van der Waals surface area contributed by atoms with Crippen molar-refractivity contribution in [1.82, 2.24) is 20.6 Å². The Morgan fingerprint density at radius 1 is 1.20 bits per heavy atom. The van der Waals surface area contributed by atoms with Crippen LogP contribution in [0, 0.1) is 18.3 Å².